The minimum atomic E-state index is -1.63. The van der Waals surface area contributed by atoms with Crippen molar-refractivity contribution in [1.29, 1.82) is 15.8 Å². The van der Waals surface area contributed by atoms with Crippen LogP contribution in [0.3, 0.4) is 0 Å². The SMILES string of the molecule is CCN1CC=C2C(C#N)=C(N)C(C#N)(C#N)[C@H](c3ccccc3OC)[C@H]2C1.CCO. The molecule has 2 atom stereocenters. The Morgan fingerprint density at radius 2 is 1.87 bits per heavy atom. The third kappa shape index (κ3) is 3.76. The molecular formula is C23H27N5O2. The third-order valence-corrected chi connectivity index (χ3v) is 5.66. The van der Waals surface area contributed by atoms with Gasteiger partial charge in [0.05, 0.1) is 30.5 Å². The predicted molar refractivity (Wildman–Crippen MR) is 113 cm³/mol. The molecule has 3 rings (SSSR count). The summed E-state index contributed by atoms with van der Waals surface area (Å²) < 4.78 is 5.53. The average Bonchev–Trinajstić information content (AvgIpc) is 2.78. The van der Waals surface area contributed by atoms with Crippen LogP contribution in [0.4, 0.5) is 0 Å². The van der Waals surface area contributed by atoms with Crippen molar-refractivity contribution in [2.75, 3.05) is 33.4 Å². The van der Waals surface area contributed by atoms with Crippen LogP contribution in [0.1, 0.15) is 25.3 Å². The molecule has 1 aromatic carbocycles. The number of likely N-dealkylation sites (N-methyl/N-ethyl adjacent to an activating group) is 1. The van der Waals surface area contributed by atoms with E-state index in [0.717, 1.165) is 17.7 Å². The smallest absolute Gasteiger partial charge is 0.191 e. The van der Waals surface area contributed by atoms with Crippen LogP contribution < -0.4 is 10.5 Å². The molecule has 0 radical (unpaired) electrons. The molecule has 0 amide bonds. The number of nitrogens with two attached hydrogens (primary N) is 1. The monoisotopic (exact) mass is 405 g/mol. The third-order valence-electron chi connectivity index (χ3n) is 5.66. The van der Waals surface area contributed by atoms with Gasteiger partial charge in [-0.05, 0) is 25.1 Å². The van der Waals surface area contributed by atoms with Crippen molar-refractivity contribution in [2.45, 2.75) is 19.8 Å². The highest BCUT2D eigenvalue weighted by molar-refractivity contribution is 5.60. The van der Waals surface area contributed by atoms with Crippen molar-refractivity contribution < 1.29 is 9.84 Å². The first-order chi connectivity index (χ1) is 14.5. The maximum absolute atomic E-state index is 10.1. The summed E-state index contributed by atoms with van der Waals surface area (Å²) in [6.07, 6.45) is 2.00. The molecule has 7 nitrogen and oxygen atoms in total. The van der Waals surface area contributed by atoms with Gasteiger partial charge in [0.2, 0.25) is 0 Å². The number of para-hydroxylation sites is 1. The van der Waals surface area contributed by atoms with E-state index in [1.54, 1.807) is 14.0 Å². The van der Waals surface area contributed by atoms with Crippen LogP contribution in [0.25, 0.3) is 0 Å². The van der Waals surface area contributed by atoms with E-state index in [0.29, 0.717) is 18.8 Å². The van der Waals surface area contributed by atoms with Gasteiger partial charge in [-0.3, -0.25) is 4.90 Å². The van der Waals surface area contributed by atoms with Gasteiger partial charge in [-0.2, -0.15) is 15.8 Å². The van der Waals surface area contributed by atoms with Crippen LogP contribution in [0, 0.1) is 45.3 Å². The number of hydrogen-bond donors (Lipinski definition) is 2. The second-order valence-electron chi connectivity index (χ2n) is 7.09. The van der Waals surface area contributed by atoms with Gasteiger partial charge < -0.3 is 15.6 Å². The van der Waals surface area contributed by atoms with E-state index in [1.165, 1.54) is 0 Å². The molecule has 0 saturated heterocycles. The van der Waals surface area contributed by atoms with Crippen molar-refractivity contribution in [1.82, 2.24) is 4.90 Å². The van der Waals surface area contributed by atoms with Crippen LogP contribution in [-0.2, 0) is 0 Å². The van der Waals surface area contributed by atoms with E-state index in [4.69, 9.17) is 15.6 Å². The summed E-state index contributed by atoms with van der Waals surface area (Å²) in [6.45, 7) is 6.20. The molecule has 1 heterocycles. The first-order valence-corrected chi connectivity index (χ1v) is 9.88. The quantitative estimate of drug-likeness (QED) is 0.790. The summed E-state index contributed by atoms with van der Waals surface area (Å²) >= 11 is 0. The second-order valence-corrected chi connectivity index (χ2v) is 7.09. The predicted octanol–water partition coefficient (Wildman–Crippen LogP) is 2.44. The number of ether oxygens (including phenoxy) is 1. The number of methoxy groups -OCH3 is 1. The number of rotatable bonds is 3. The molecule has 3 N–H and O–H groups in total. The van der Waals surface area contributed by atoms with E-state index in [1.807, 2.05) is 30.3 Å². The highest BCUT2D eigenvalue weighted by Crippen LogP contribution is 2.55. The van der Waals surface area contributed by atoms with Crippen LogP contribution >= 0.6 is 0 Å². The van der Waals surface area contributed by atoms with Gasteiger partial charge in [-0.1, -0.05) is 31.2 Å². The Morgan fingerprint density at radius 1 is 1.23 bits per heavy atom. The van der Waals surface area contributed by atoms with E-state index in [9.17, 15) is 15.8 Å². The summed E-state index contributed by atoms with van der Waals surface area (Å²) in [5.74, 6) is -0.115. The van der Waals surface area contributed by atoms with Crippen molar-refractivity contribution in [3.05, 3.63) is 52.7 Å². The molecule has 0 unspecified atom stereocenters. The standard InChI is InChI=1S/C21H21N5O.C2H6O/c1-3-26-9-8-14-16(10-22)20(25)21(12-23,13-24)19(17(14)11-26)15-6-4-5-7-18(15)27-2;1-2-3/h4-8,17,19H,3,9,11,25H2,1-2H3;3H,2H2,1H3/t17-,19+;/m0./s1. The van der Waals surface area contributed by atoms with E-state index in [-0.39, 0.29) is 23.8 Å². The topological polar surface area (TPSA) is 130 Å². The second kappa shape index (κ2) is 9.94. The summed E-state index contributed by atoms with van der Waals surface area (Å²) in [5.41, 5.74) is 6.57. The summed E-state index contributed by atoms with van der Waals surface area (Å²) in [7, 11) is 1.57. The van der Waals surface area contributed by atoms with Crippen molar-refractivity contribution in [3.8, 4) is 24.0 Å². The number of benzene rings is 1. The normalized spacial score (nSPS) is 22.2. The number of hydrogen-bond acceptors (Lipinski definition) is 7. The van der Waals surface area contributed by atoms with Gasteiger partial charge in [0.25, 0.3) is 0 Å². The zero-order valence-corrected chi connectivity index (χ0v) is 17.6. The van der Waals surface area contributed by atoms with Crippen molar-refractivity contribution >= 4 is 0 Å². The first-order valence-electron chi connectivity index (χ1n) is 9.88. The van der Waals surface area contributed by atoms with Crippen molar-refractivity contribution in [2.24, 2.45) is 17.1 Å². The summed E-state index contributed by atoms with van der Waals surface area (Å²) in [4.78, 5) is 2.23. The molecule has 7 heteroatoms. The summed E-state index contributed by atoms with van der Waals surface area (Å²) in [6, 6.07) is 13.8. The lowest BCUT2D eigenvalue weighted by molar-refractivity contribution is 0.212. The number of aliphatic hydroxyl groups is 1. The zero-order chi connectivity index (χ0) is 22.3. The fraction of sp³-hybridized carbons (Fsp3) is 0.435. The Balaban J connectivity index is 0.00000101. The zero-order valence-electron chi connectivity index (χ0n) is 17.6. The lowest BCUT2D eigenvalue weighted by atomic mass is 9.58. The largest absolute Gasteiger partial charge is 0.496 e. The number of aliphatic hydroxyl groups excluding tert-OH is 1. The first kappa shape index (κ1) is 23.0. The Hall–Kier alpha value is -3.31. The number of allylic oxidation sites excluding steroid dienone is 2. The number of nitrogens with zero attached hydrogens (tertiary/aromatic N) is 4. The average molecular weight is 406 g/mol. The Bertz CT molecular complexity index is 947. The van der Waals surface area contributed by atoms with E-state index in [2.05, 4.69) is 30.0 Å². The Kier molecular flexibility index (Phi) is 7.61. The molecule has 0 saturated carbocycles. The molecule has 1 aromatic rings. The molecule has 0 aromatic heterocycles. The molecule has 1 aliphatic carbocycles. The van der Waals surface area contributed by atoms with Gasteiger partial charge in [-0.25, -0.2) is 0 Å². The van der Waals surface area contributed by atoms with E-state index < -0.39 is 11.3 Å². The van der Waals surface area contributed by atoms with Gasteiger partial charge in [0.1, 0.15) is 11.8 Å². The highest BCUT2D eigenvalue weighted by atomic mass is 16.5. The molecule has 30 heavy (non-hydrogen) atoms. The number of nitriles is 3. The van der Waals surface area contributed by atoms with Crippen molar-refractivity contribution in [3.63, 3.8) is 0 Å². The fourth-order valence-corrected chi connectivity index (χ4v) is 4.27. The van der Waals surface area contributed by atoms with Gasteiger partial charge in [0, 0.05) is 37.1 Å². The number of fused-ring (bicyclic) bond motifs is 1. The van der Waals surface area contributed by atoms with Crippen LogP contribution in [0.5, 0.6) is 5.75 Å². The van der Waals surface area contributed by atoms with Gasteiger partial charge >= 0.3 is 0 Å². The fourth-order valence-electron chi connectivity index (χ4n) is 4.27. The minimum absolute atomic E-state index is 0.0401. The lowest BCUT2D eigenvalue weighted by Gasteiger charge is -2.45. The van der Waals surface area contributed by atoms with Gasteiger partial charge in [0.15, 0.2) is 5.41 Å². The highest BCUT2D eigenvalue weighted by Gasteiger charge is 2.55. The van der Waals surface area contributed by atoms with Crippen LogP contribution in [0.2, 0.25) is 0 Å². The molecular weight excluding hydrogens is 378 g/mol. The van der Waals surface area contributed by atoms with E-state index >= 15 is 0 Å². The Morgan fingerprint density at radius 3 is 2.40 bits per heavy atom. The minimum Gasteiger partial charge on any atom is -0.496 e. The van der Waals surface area contributed by atoms with Crippen LogP contribution in [0.15, 0.2) is 47.2 Å². The Labute approximate surface area is 177 Å². The molecule has 0 bridgehead atoms. The van der Waals surface area contributed by atoms with Gasteiger partial charge in [-0.15, -0.1) is 0 Å². The molecule has 0 spiro atoms. The maximum Gasteiger partial charge on any atom is 0.191 e. The molecule has 1 aliphatic heterocycles. The summed E-state index contributed by atoms with van der Waals surface area (Å²) in [5, 5.41) is 37.4. The molecule has 156 valence electrons. The maximum atomic E-state index is 10.1. The lowest BCUT2D eigenvalue weighted by Crippen LogP contribution is -2.48. The molecule has 0 fully saturated rings. The van der Waals surface area contributed by atoms with Crippen LogP contribution in [-0.4, -0.2) is 43.4 Å². The molecule has 2 aliphatic rings.